The molecule has 164 valence electrons. The summed E-state index contributed by atoms with van der Waals surface area (Å²) in [4.78, 5) is 22.4. The smallest absolute Gasteiger partial charge is 0.316 e. The number of anilines is 2. The van der Waals surface area contributed by atoms with E-state index < -0.39 is 5.41 Å². The van der Waals surface area contributed by atoms with E-state index in [4.69, 9.17) is 14.7 Å². The molecule has 1 N–H and O–H groups in total. The molecule has 3 aliphatic carbocycles. The number of rotatable bonds is 6. The molecule has 1 heterocycles. The van der Waals surface area contributed by atoms with Crippen molar-refractivity contribution in [1.29, 1.82) is 0 Å². The van der Waals surface area contributed by atoms with Crippen LogP contribution in [-0.2, 0) is 34.2 Å². The lowest BCUT2D eigenvalue weighted by atomic mass is 9.79. The molecule has 1 aromatic carbocycles. The fraction of sp³-hybridized carbons (Fsp3) is 0.577. The first-order valence-electron chi connectivity index (χ1n) is 12.0. The second-order valence-corrected chi connectivity index (χ2v) is 9.60. The van der Waals surface area contributed by atoms with Crippen LogP contribution in [0.2, 0.25) is 0 Å². The Kier molecular flexibility index (Phi) is 5.68. The van der Waals surface area contributed by atoms with Gasteiger partial charge in [-0.25, -0.2) is 9.97 Å². The van der Waals surface area contributed by atoms with Gasteiger partial charge in [0, 0.05) is 23.4 Å². The van der Waals surface area contributed by atoms with Crippen molar-refractivity contribution in [2.24, 2.45) is 5.92 Å². The number of hydrogen-bond donors (Lipinski definition) is 1. The predicted octanol–water partition coefficient (Wildman–Crippen LogP) is 5.43. The van der Waals surface area contributed by atoms with Crippen LogP contribution in [0.15, 0.2) is 24.3 Å². The Balaban J connectivity index is 1.38. The first-order valence-corrected chi connectivity index (χ1v) is 12.0. The monoisotopic (exact) mass is 419 g/mol. The number of nitrogens with one attached hydrogen (secondary N) is 1. The summed E-state index contributed by atoms with van der Waals surface area (Å²) in [7, 11) is 1.50. The van der Waals surface area contributed by atoms with Gasteiger partial charge in [0.15, 0.2) is 0 Å². The summed E-state index contributed by atoms with van der Waals surface area (Å²) in [6.07, 6.45) is 13.5. The minimum Gasteiger partial charge on any atom is -0.468 e. The molecular weight excluding hydrogens is 386 g/mol. The van der Waals surface area contributed by atoms with Gasteiger partial charge in [-0.1, -0.05) is 50.7 Å². The second-order valence-electron chi connectivity index (χ2n) is 9.60. The van der Waals surface area contributed by atoms with E-state index in [2.05, 4.69) is 29.6 Å². The maximum absolute atomic E-state index is 12.6. The van der Waals surface area contributed by atoms with Crippen molar-refractivity contribution in [3.63, 3.8) is 0 Å². The van der Waals surface area contributed by atoms with Crippen LogP contribution in [0.5, 0.6) is 0 Å². The van der Waals surface area contributed by atoms with E-state index in [-0.39, 0.29) is 5.97 Å². The van der Waals surface area contributed by atoms with E-state index in [0.717, 1.165) is 80.2 Å². The zero-order chi connectivity index (χ0) is 21.3. The summed E-state index contributed by atoms with van der Waals surface area (Å²) in [5, 5.41) is 3.58. The lowest BCUT2D eigenvalue weighted by Gasteiger charge is -2.26. The van der Waals surface area contributed by atoms with Crippen molar-refractivity contribution >= 4 is 17.5 Å². The third-order valence-corrected chi connectivity index (χ3v) is 7.66. The Bertz CT molecular complexity index is 942. The van der Waals surface area contributed by atoms with E-state index >= 15 is 0 Å². The number of nitrogens with zero attached hydrogens (tertiary/aromatic N) is 2. The number of ether oxygens (including phenoxy) is 1. The number of fused-ring (bicyclic) bond motifs is 1. The highest BCUT2D eigenvalue weighted by Crippen LogP contribution is 2.42. The van der Waals surface area contributed by atoms with Crippen LogP contribution in [0.25, 0.3) is 0 Å². The quantitative estimate of drug-likeness (QED) is 0.633. The average molecular weight is 420 g/mol. The molecule has 0 amide bonds. The van der Waals surface area contributed by atoms with Gasteiger partial charge in [0.25, 0.3) is 0 Å². The van der Waals surface area contributed by atoms with Crippen molar-refractivity contribution < 1.29 is 9.53 Å². The lowest BCUT2D eigenvalue weighted by molar-refractivity contribution is -0.147. The number of aryl methyl sites for hydroxylation is 1. The molecule has 2 fully saturated rings. The number of carbonyl (C=O) groups is 1. The van der Waals surface area contributed by atoms with Gasteiger partial charge in [0.05, 0.1) is 12.5 Å². The Morgan fingerprint density at radius 3 is 2.48 bits per heavy atom. The summed E-state index contributed by atoms with van der Waals surface area (Å²) in [5.41, 5.74) is 4.12. The molecule has 0 saturated heterocycles. The highest BCUT2D eigenvalue weighted by molar-refractivity contribution is 5.83. The van der Waals surface area contributed by atoms with Crippen molar-refractivity contribution in [2.45, 2.75) is 82.5 Å². The van der Waals surface area contributed by atoms with Crippen molar-refractivity contribution in [2.75, 3.05) is 12.4 Å². The Morgan fingerprint density at radius 1 is 1.03 bits per heavy atom. The van der Waals surface area contributed by atoms with Gasteiger partial charge < -0.3 is 10.1 Å². The second kappa shape index (κ2) is 8.60. The third-order valence-electron chi connectivity index (χ3n) is 7.66. The molecule has 5 rings (SSSR count). The van der Waals surface area contributed by atoms with Gasteiger partial charge in [0.1, 0.15) is 11.6 Å². The van der Waals surface area contributed by atoms with Gasteiger partial charge in [-0.3, -0.25) is 4.79 Å². The Morgan fingerprint density at radius 2 is 1.77 bits per heavy atom. The normalized spacial score (nSPS) is 20.0. The number of methoxy groups -OCH3 is 1. The summed E-state index contributed by atoms with van der Waals surface area (Å²) in [6.45, 7) is 0. The molecule has 3 aliphatic rings. The van der Waals surface area contributed by atoms with Gasteiger partial charge in [-0.15, -0.1) is 0 Å². The summed E-state index contributed by atoms with van der Waals surface area (Å²) >= 11 is 0. The van der Waals surface area contributed by atoms with Crippen LogP contribution in [0, 0.1) is 5.92 Å². The van der Waals surface area contributed by atoms with E-state index in [9.17, 15) is 4.79 Å². The third kappa shape index (κ3) is 3.95. The van der Waals surface area contributed by atoms with Gasteiger partial charge in [-0.2, -0.15) is 0 Å². The number of aromatic nitrogens is 2. The number of benzene rings is 1. The van der Waals surface area contributed by atoms with E-state index in [0.29, 0.717) is 0 Å². The van der Waals surface area contributed by atoms with Crippen LogP contribution in [0.4, 0.5) is 11.5 Å². The molecule has 5 nitrogen and oxygen atoms in total. The maximum Gasteiger partial charge on any atom is 0.316 e. The van der Waals surface area contributed by atoms with Gasteiger partial charge in [-0.05, 0) is 55.7 Å². The van der Waals surface area contributed by atoms with Crippen LogP contribution < -0.4 is 5.32 Å². The van der Waals surface area contributed by atoms with Gasteiger partial charge in [0.2, 0.25) is 0 Å². The number of carbonyl (C=O) groups excluding carboxylic acids is 1. The maximum atomic E-state index is 12.6. The molecule has 1 aromatic heterocycles. The summed E-state index contributed by atoms with van der Waals surface area (Å²) in [5.74, 6) is 2.62. The molecule has 31 heavy (non-hydrogen) atoms. The van der Waals surface area contributed by atoms with Crippen LogP contribution in [0.3, 0.4) is 0 Å². The summed E-state index contributed by atoms with van der Waals surface area (Å²) in [6, 6.07) is 8.34. The first kappa shape index (κ1) is 20.5. The number of hydrogen-bond acceptors (Lipinski definition) is 5. The zero-order valence-electron chi connectivity index (χ0n) is 18.6. The molecule has 0 unspecified atom stereocenters. The predicted molar refractivity (Wildman–Crippen MR) is 122 cm³/mol. The van der Waals surface area contributed by atoms with Crippen molar-refractivity contribution in [3.05, 3.63) is 46.9 Å². The highest BCUT2D eigenvalue weighted by Gasteiger charge is 2.43. The molecule has 2 aromatic rings. The molecule has 0 aliphatic heterocycles. The minimum absolute atomic E-state index is 0.101. The van der Waals surface area contributed by atoms with E-state index in [1.807, 2.05) is 0 Å². The largest absolute Gasteiger partial charge is 0.468 e. The van der Waals surface area contributed by atoms with E-state index in [1.54, 1.807) is 0 Å². The highest BCUT2D eigenvalue weighted by atomic mass is 16.5. The van der Waals surface area contributed by atoms with Crippen molar-refractivity contribution in [1.82, 2.24) is 9.97 Å². The fourth-order valence-electron chi connectivity index (χ4n) is 5.94. The standard InChI is InChI=1S/C26H33N3O2/c1-31-25(30)26(15-4-5-16-26)19-11-13-20(14-12-19)27-24-21-9-6-10-22(21)28-23(29-24)17-18-7-2-3-8-18/h11-14,18H,2-10,15-17H2,1H3,(H,27,28,29). The van der Waals surface area contributed by atoms with Crippen LogP contribution in [-0.4, -0.2) is 23.0 Å². The molecule has 2 saturated carbocycles. The Hall–Kier alpha value is -2.43. The summed E-state index contributed by atoms with van der Waals surface area (Å²) < 4.78 is 5.16. The molecule has 5 heteroatoms. The SMILES string of the molecule is COC(=O)C1(c2ccc(Nc3nc(CC4CCCC4)nc4c3CCC4)cc2)CCCC1. The lowest BCUT2D eigenvalue weighted by Crippen LogP contribution is -2.33. The first-order chi connectivity index (χ1) is 15.2. The molecule has 0 radical (unpaired) electrons. The Labute approximate surface area is 185 Å². The molecule has 0 spiro atoms. The minimum atomic E-state index is -0.474. The zero-order valence-corrected chi connectivity index (χ0v) is 18.6. The van der Waals surface area contributed by atoms with Crippen LogP contribution in [0.1, 0.15) is 80.4 Å². The van der Waals surface area contributed by atoms with Crippen molar-refractivity contribution in [3.8, 4) is 0 Å². The molecule has 0 bridgehead atoms. The topological polar surface area (TPSA) is 64.1 Å². The van der Waals surface area contributed by atoms with Crippen LogP contribution >= 0.6 is 0 Å². The van der Waals surface area contributed by atoms with E-state index in [1.165, 1.54) is 44.1 Å². The molecule has 0 atom stereocenters. The number of esters is 1. The average Bonchev–Trinajstić information content (AvgIpc) is 3.56. The molecular formula is C26H33N3O2. The fourth-order valence-corrected chi connectivity index (χ4v) is 5.94. The van der Waals surface area contributed by atoms with Gasteiger partial charge >= 0.3 is 5.97 Å².